The predicted molar refractivity (Wildman–Crippen MR) is 62.7 cm³/mol. The Kier molecular flexibility index (Phi) is 5.41. The summed E-state index contributed by atoms with van der Waals surface area (Å²) in [6.07, 6.45) is 3.38. The van der Waals surface area contributed by atoms with Gasteiger partial charge in [0, 0.05) is 20.1 Å². The van der Waals surface area contributed by atoms with Crippen LogP contribution in [0.25, 0.3) is 0 Å². The zero-order valence-corrected chi connectivity index (χ0v) is 10.5. The van der Waals surface area contributed by atoms with Crippen LogP contribution in [-0.2, 0) is 14.3 Å². The summed E-state index contributed by atoms with van der Waals surface area (Å²) in [5, 5.41) is 9.06. The number of amides is 1. The van der Waals surface area contributed by atoms with Gasteiger partial charge >= 0.3 is 5.97 Å². The highest BCUT2D eigenvalue weighted by atomic mass is 16.5. The lowest BCUT2D eigenvalue weighted by molar-refractivity contribution is -0.152. The molecule has 5 nitrogen and oxygen atoms in total. The summed E-state index contributed by atoms with van der Waals surface area (Å²) in [5.74, 6) is -0.959. The molecule has 0 spiro atoms. The van der Waals surface area contributed by atoms with E-state index < -0.39 is 12.0 Å². The predicted octanol–water partition coefficient (Wildman–Crippen LogP) is 1.27. The van der Waals surface area contributed by atoms with Crippen molar-refractivity contribution in [2.45, 2.75) is 51.2 Å². The number of ether oxygens (including phenoxy) is 1. The number of hydrogen-bond donors (Lipinski definition) is 1. The van der Waals surface area contributed by atoms with Gasteiger partial charge in [0.15, 0.2) is 0 Å². The largest absolute Gasteiger partial charge is 0.480 e. The number of carboxylic acid groups (broad SMARTS) is 1. The Balaban J connectivity index is 2.50. The molecule has 1 saturated heterocycles. The minimum Gasteiger partial charge on any atom is -0.480 e. The molecule has 1 rings (SSSR count). The normalized spacial score (nSPS) is 22.2. The molecule has 5 heteroatoms. The molecule has 17 heavy (non-hydrogen) atoms. The number of carboxylic acids is 1. The molecule has 0 bridgehead atoms. The van der Waals surface area contributed by atoms with Crippen LogP contribution >= 0.6 is 0 Å². The molecule has 0 saturated carbocycles. The van der Waals surface area contributed by atoms with Crippen LogP contribution in [0.5, 0.6) is 0 Å². The number of nitrogens with zero attached hydrogens (tertiary/aromatic N) is 1. The summed E-state index contributed by atoms with van der Waals surface area (Å²) in [4.78, 5) is 24.5. The van der Waals surface area contributed by atoms with E-state index in [4.69, 9.17) is 9.84 Å². The van der Waals surface area contributed by atoms with Crippen LogP contribution in [0.4, 0.5) is 0 Å². The Morgan fingerprint density at radius 2 is 2.18 bits per heavy atom. The number of carbonyl (C=O) groups excluding carboxylic acids is 1. The molecule has 1 aliphatic heterocycles. The molecule has 0 aromatic heterocycles. The van der Waals surface area contributed by atoms with E-state index in [2.05, 4.69) is 0 Å². The first-order chi connectivity index (χ1) is 8.06. The van der Waals surface area contributed by atoms with Gasteiger partial charge in [0.1, 0.15) is 6.04 Å². The van der Waals surface area contributed by atoms with Crippen molar-refractivity contribution in [1.29, 1.82) is 0 Å². The minimum atomic E-state index is -0.891. The fraction of sp³-hybridized carbons (Fsp3) is 0.833. The summed E-state index contributed by atoms with van der Waals surface area (Å²) in [7, 11) is 1.61. The van der Waals surface area contributed by atoms with Gasteiger partial charge < -0.3 is 14.7 Å². The van der Waals surface area contributed by atoms with Gasteiger partial charge in [0.05, 0.1) is 6.10 Å². The van der Waals surface area contributed by atoms with E-state index in [1.807, 2.05) is 6.92 Å². The zero-order valence-electron chi connectivity index (χ0n) is 10.5. The standard InChI is InChI=1S/C12H21NO4/c1-9(17-2)6-7-11(14)13-8-4-3-5-10(13)12(15)16/h9-10H,3-8H2,1-2H3,(H,15,16)/t9?,10-/m1/s1. The minimum absolute atomic E-state index is 0.0343. The molecule has 1 amide bonds. The maximum atomic E-state index is 11.9. The molecular formula is C12H21NO4. The van der Waals surface area contributed by atoms with E-state index in [9.17, 15) is 9.59 Å². The second kappa shape index (κ2) is 6.59. The van der Waals surface area contributed by atoms with Gasteiger partial charge in [-0.1, -0.05) is 0 Å². The number of methoxy groups -OCH3 is 1. The molecule has 1 N–H and O–H groups in total. The number of rotatable bonds is 5. The van der Waals surface area contributed by atoms with Crippen LogP contribution in [-0.4, -0.2) is 47.7 Å². The summed E-state index contributed by atoms with van der Waals surface area (Å²) >= 11 is 0. The second-order valence-corrected chi connectivity index (χ2v) is 4.52. The van der Waals surface area contributed by atoms with Crippen LogP contribution < -0.4 is 0 Å². The third kappa shape index (κ3) is 4.00. The average Bonchev–Trinajstić information content (AvgIpc) is 2.35. The van der Waals surface area contributed by atoms with Crippen molar-refractivity contribution < 1.29 is 19.4 Å². The quantitative estimate of drug-likeness (QED) is 0.789. The molecule has 1 unspecified atom stereocenters. The lowest BCUT2D eigenvalue weighted by Gasteiger charge is -2.33. The van der Waals surface area contributed by atoms with E-state index in [0.29, 0.717) is 25.8 Å². The van der Waals surface area contributed by atoms with Crippen molar-refractivity contribution >= 4 is 11.9 Å². The molecule has 1 aliphatic rings. The molecule has 0 radical (unpaired) electrons. The van der Waals surface area contributed by atoms with Crippen molar-refractivity contribution in [2.75, 3.05) is 13.7 Å². The first-order valence-electron chi connectivity index (χ1n) is 6.11. The lowest BCUT2D eigenvalue weighted by Crippen LogP contribution is -2.48. The van der Waals surface area contributed by atoms with E-state index in [0.717, 1.165) is 12.8 Å². The second-order valence-electron chi connectivity index (χ2n) is 4.52. The maximum Gasteiger partial charge on any atom is 0.326 e. The van der Waals surface area contributed by atoms with E-state index >= 15 is 0 Å². The van der Waals surface area contributed by atoms with Gasteiger partial charge in [-0.25, -0.2) is 4.79 Å². The Bertz CT molecular complexity index is 280. The van der Waals surface area contributed by atoms with Crippen LogP contribution in [0.3, 0.4) is 0 Å². The summed E-state index contributed by atoms with van der Waals surface area (Å²) in [6.45, 7) is 2.47. The number of piperidine rings is 1. The maximum absolute atomic E-state index is 11.9. The number of aliphatic carboxylic acids is 1. The molecule has 1 fully saturated rings. The lowest BCUT2D eigenvalue weighted by atomic mass is 10.0. The first-order valence-corrected chi connectivity index (χ1v) is 6.11. The first kappa shape index (κ1) is 14.0. The molecule has 2 atom stereocenters. The molecule has 1 heterocycles. The van der Waals surface area contributed by atoms with E-state index in [1.165, 1.54) is 4.90 Å². The van der Waals surface area contributed by atoms with Gasteiger partial charge in [-0.05, 0) is 32.6 Å². The molecule has 98 valence electrons. The van der Waals surface area contributed by atoms with Gasteiger partial charge in [-0.2, -0.15) is 0 Å². The van der Waals surface area contributed by atoms with Crippen molar-refractivity contribution in [3.05, 3.63) is 0 Å². The molecular weight excluding hydrogens is 222 g/mol. The Labute approximate surface area is 102 Å². The van der Waals surface area contributed by atoms with Crippen LogP contribution in [0.2, 0.25) is 0 Å². The van der Waals surface area contributed by atoms with Crippen molar-refractivity contribution in [3.8, 4) is 0 Å². The van der Waals surface area contributed by atoms with E-state index in [-0.39, 0.29) is 12.0 Å². The smallest absolute Gasteiger partial charge is 0.326 e. The Hall–Kier alpha value is -1.10. The van der Waals surface area contributed by atoms with Gasteiger partial charge in [0.2, 0.25) is 5.91 Å². The third-order valence-electron chi connectivity index (χ3n) is 3.28. The highest BCUT2D eigenvalue weighted by Gasteiger charge is 2.31. The SMILES string of the molecule is COC(C)CCC(=O)N1CCCC[C@@H]1C(=O)O. The highest BCUT2D eigenvalue weighted by Crippen LogP contribution is 2.19. The van der Waals surface area contributed by atoms with Gasteiger partial charge in [-0.3, -0.25) is 4.79 Å². The summed E-state index contributed by atoms with van der Waals surface area (Å²) in [6, 6.07) is -0.630. The summed E-state index contributed by atoms with van der Waals surface area (Å²) < 4.78 is 5.08. The number of carbonyl (C=O) groups is 2. The van der Waals surface area contributed by atoms with Crippen molar-refractivity contribution in [1.82, 2.24) is 4.90 Å². The fourth-order valence-electron chi connectivity index (χ4n) is 2.08. The van der Waals surface area contributed by atoms with Gasteiger partial charge in [0.25, 0.3) is 0 Å². The Morgan fingerprint density at radius 3 is 2.76 bits per heavy atom. The molecule has 0 aromatic carbocycles. The highest BCUT2D eigenvalue weighted by molar-refractivity contribution is 5.83. The zero-order chi connectivity index (χ0) is 12.8. The van der Waals surface area contributed by atoms with Gasteiger partial charge in [-0.15, -0.1) is 0 Å². The number of hydrogen-bond acceptors (Lipinski definition) is 3. The average molecular weight is 243 g/mol. The van der Waals surface area contributed by atoms with E-state index in [1.54, 1.807) is 7.11 Å². The van der Waals surface area contributed by atoms with Crippen LogP contribution in [0.15, 0.2) is 0 Å². The molecule has 0 aromatic rings. The summed E-state index contributed by atoms with van der Waals surface area (Å²) in [5.41, 5.74) is 0. The third-order valence-corrected chi connectivity index (χ3v) is 3.28. The van der Waals surface area contributed by atoms with Crippen LogP contribution in [0, 0.1) is 0 Å². The molecule has 0 aliphatic carbocycles. The van der Waals surface area contributed by atoms with Crippen molar-refractivity contribution in [3.63, 3.8) is 0 Å². The Morgan fingerprint density at radius 1 is 1.47 bits per heavy atom. The monoisotopic (exact) mass is 243 g/mol. The van der Waals surface area contributed by atoms with Crippen molar-refractivity contribution in [2.24, 2.45) is 0 Å². The number of likely N-dealkylation sites (tertiary alicyclic amines) is 1. The fourth-order valence-corrected chi connectivity index (χ4v) is 2.08. The topological polar surface area (TPSA) is 66.8 Å². The van der Waals surface area contributed by atoms with Crippen LogP contribution in [0.1, 0.15) is 39.0 Å².